The molecule has 0 radical (unpaired) electrons. The Bertz CT molecular complexity index is 496. The van der Waals surface area contributed by atoms with Crippen LogP contribution in [0.4, 0.5) is 0 Å². The van der Waals surface area contributed by atoms with Crippen molar-refractivity contribution in [2.45, 2.75) is 17.2 Å². The number of nitrogens with zero attached hydrogens (tertiary/aromatic N) is 4. The number of halogens is 1. The molecule has 96 valence electrons. The van der Waals surface area contributed by atoms with Crippen LogP contribution in [0, 0.1) is 0 Å². The van der Waals surface area contributed by atoms with Crippen molar-refractivity contribution in [1.82, 2.24) is 19.3 Å². The molecule has 0 aliphatic carbocycles. The SMILES string of the molecule is CC1CN(S(=O)(=O)c2c(Br)nnn2C)CCS1. The van der Waals surface area contributed by atoms with Crippen LogP contribution in [0.1, 0.15) is 6.92 Å². The number of hydrogen-bond donors (Lipinski definition) is 0. The highest BCUT2D eigenvalue weighted by atomic mass is 79.9. The van der Waals surface area contributed by atoms with Gasteiger partial charge in [0.25, 0.3) is 10.0 Å². The zero-order chi connectivity index (χ0) is 12.6. The second-order valence-corrected chi connectivity index (χ2v) is 8.00. The van der Waals surface area contributed by atoms with E-state index in [1.807, 2.05) is 6.92 Å². The molecule has 1 aliphatic rings. The molecular formula is C8H13BrN4O2S2. The van der Waals surface area contributed by atoms with Gasteiger partial charge in [-0.2, -0.15) is 16.1 Å². The van der Waals surface area contributed by atoms with Gasteiger partial charge in [-0.1, -0.05) is 12.1 Å². The average Bonchev–Trinajstić information content (AvgIpc) is 2.59. The summed E-state index contributed by atoms with van der Waals surface area (Å²) in [7, 11) is -1.93. The summed E-state index contributed by atoms with van der Waals surface area (Å²) in [5.74, 6) is 0.823. The first-order valence-corrected chi connectivity index (χ1v) is 8.38. The van der Waals surface area contributed by atoms with E-state index in [9.17, 15) is 8.42 Å². The number of thioether (sulfide) groups is 1. The van der Waals surface area contributed by atoms with E-state index in [4.69, 9.17) is 0 Å². The molecule has 17 heavy (non-hydrogen) atoms. The van der Waals surface area contributed by atoms with Crippen molar-refractivity contribution < 1.29 is 8.42 Å². The standard InChI is InChI=1S/C8H13BrN4O2S2/c1-6-5-13(3-4-16-6)17(14,15)8-7(9)10-11-12(8)2/h6H,3-5H2,1-2H3. The number of rotatable bonds is 2. The lowest BCUT2D eigenvalue weighted by Gasteiger charge is -2.29. The van der Waals surface area contributed by atoms with Crippen molar-refractivity contribution in [3.8, 4) is 0 Å². The van der Waals surface area contributed by atoms with E-state index in [1.165, 1.54) is 8.99 Å². The van der Waals surface area contributed by atoms with Crippen LogP contribution in [0.3, 0.4) is 0 Å². The Morgan fingerprint density at radius 3 is 2.76 bits per heavy atom. The Labute approximate surface area is 113 Å². The van der Waals surface area contributed by atoms with Gasteiger partial charge in [0.2, 0.25) is 5.03 Å². The minimum absolute atomic E-state index is 0.122. The van der Waals surface area contributed by atoms with E-state index in [1.54, 1.807) is 18.8 Å². The van der Waals surface area contributed by atoms with Crippen LogP contribution < -0.4 is 0 Å². The highest BCUT2D eigenvalue weighted by Gasteiger charge is 2.33. The molecule has 1 atom stereocenters. The van der Waals surface area contributed by atoms with Crippen LogP contribution in [0.15, 0.2) is 9.63 Å². The minimum atomic E-state index is -3.50. The summed E-state index contributed by atoms with van der Waals surface area (Å²) >= 11 is 4.92. The van der Waals surface area contributed by atoms with Crippen molar-refractivity contribution in [2.24, 2.45) is 7.05 Å². The maximum absolute atomic E-state index is 12.4. The fraction of sp³-hybridized carbons (Fsp3) is 0.750. The first-order valence-electron chi connectivity index (χ1n) is 5.10. The van der Waals surface area contributed by atoms with E-state index in [0.29, 0.717) is 18.3 Å². The van der Waals surface area contributed by atoms with Gasteiger partial charge < -0.3 is 0 Å². The van der Waals surface area contributed by atoms with Crippen molar-refractivity contribution in [3.05, 3.63) is 4.60 Å². The largest absolute Gasteiger partial charge is 0.263 e. The van der Waals surface area contributed by atoms with Crippen LogP contribution in [0.5, 0.6) is 0 Å². The number of hydrogen-bond acceptors (Lipinski definition) is 5. The summed E-state index contributed by atoms with van der Waals surface area (Å²) < 4.78 is 27.9. The van der Waals surface area contributed by atoms with Gasteiger partial charge in [-0.15, -0.1) is 5.10 Å². The molecule has 0 N–H and O–H groups in total. The normalized spacial score (nSPS) is 22.9. The summed E-state index contributed by atoms with van der Waals surface area (Å²) in [6.07, 6.45) is 0. The highest BCUT2D eigenvalue weighted by molar-refractivity contribution is 9.10. The molecule has 0 amide bonds. The lowest BCUT2D eigenvalue weighted by molar-refractivity contribution is 0.417. The van der Waals surface area contributed by atoms with Crippen LogP contribution in [0.25, 0.3) is 0 Å². The Morgan fingerprint density at radius 1 is 1.53 bits per heavy atom. The lowest BCUT2D eigenvalue weighted by Crippen LogP contribution is -2.41. The predicted molar refractivity (Wildman–Crippen MR) is 69.4 cm³/mol. The maximum atomic E-state index is 12.4. The molecule has 0 bridgehead atoms. The smallest absolute Gasteiger partial charge is 0.235 e. The molecule has 0 aromatic carbocycles. The van der Waals surface area contributed by atoms with Crippen molar-refractivity contribution in [3.63, 3.8) is 0 Å². The van der Waals surface area contributed by atoms with Gasteiger partial charge in [-0.25, -0.2) is 13.1 Å². The monoisotopic (exact) mass is 340 g/mol. The van der Waals surface area contributed by atoms with Gasteiger partial charge in [0.05, 0.1) is 0 Å². The summed E-state index contributed by atoms with van der Waals surface area (Å²) in [6.45, 7) is 3.10. The molecule has 1 aromatic heterocycles. The van der Waals surface area contributed by atoms with Crippen molar-refractivity contribution >= 4 is 37.7 Å². The Kier molecular flexibility index (Phi) is 3.81. The molecule has 1 fully saturated rings. The molecule has 0 saturated carbocycles. The van der Waals surface area contributed by atoms with Crippen LogP contribution >= 0.6 is 27.7 Å². The molecule has 1 saturated heterocycles. The van der Waals surface area contributed by atoms with E-state index < -0.39 is 10.0 Å². The topological polar surface area (TPSA) is 68.1 Å². The van der Waals surface area contributed by atoms with Crippen LogP contribution in [-0.2, 0) is 17.1 Å². The first-order chi connectivity index (χ1) is 7.93. The zero-order valence-corrected chi connectivity index (χ0v) is 12.7. The predicted octanol–water partition coefficient (Wildman–Crippen LogP) is 0.704. The van der Waals surface area contributed by atoms with Gasteiger partial charge in [0.15, 0.2) is 4.60 Å². The Morgan fingerprint density at radius 2 is 2.24 bits per heavy atom. The first kappa shape index (κ1) is 13.3. The van der Waals surface area contributed by atoms with Crippen molar-refractivity contribution in [1.29, 1.82) is 0 Å². The fourth-order valence-electron chi connectivity index (χ4n) is 1.72. The van der Waals surface area contributed by atoms with Gasteiger partial charge >= 0.3 is 0 Å². The molecule has 1 unspecified atom stereocenters. The van der Waals surface area contributed by atoms with Gasteiger partial charge in [-0.05, 0) is 15.9 Å². The zero-order valence-electron chi connectivity index (χ0n) is 9.50. The molecule has 9 heteroatoms. The second kappa shape index (κ2) is 4.87. The third-order valence-corrected chi connectivity index (χ3v) is 6.42. The van der Waals surface area contributed by atoms with Crippen LogP contribution in [-0.4, -0.2) is 51.8 Å². The van der Waals surface area contributed by atoms with E-state index in [0.717, 1.165) is 5.75 Å². The highest BCUT2D eigenvalue weighted by Crippen LogP contribution is 2.26. The van der Waals surface area contributed by atoms with Crippen LogP contribution in [0.2, 0.25) is 0 Å². The number of aryl methyl sites for hydroxylation is 1. The van der Waals surface area contributed by atoms with E-state index in [-0.39, 0.29) is 9.63 Å². The number of sulfonamides is 1. The Balaban J connectivity index is 2.36. The molecule has 2 heterocycles. The molecule has 1 aliphatic heterocycles. The quantitative estimate of drug-likeness (QED) is 0.792. The third-order valence-electron chi connectivity index (χ3n) is 2.53. The van der Waals surface area contributed by atoms with Gasteiger partial charge in [-0.3, -0.25) is 0 Å². The average molecular weight is 341 g/mol. The van der Waals surface area contributed by atoms with E-state index in [2.05, 4.69) is 26.2 Å². The van der Waals surface area contributed by atoms with Gasteiger partial charge in [0.1, 0.15) is 0 Å². The maximum Gasteiger partial charge on any atom is 0.263 e. The lowest BCUT2D eigenvalue weighted by atomic mass is 10.4. The van der Waals surface area contributed by atoms with Gasteiger partial charge in [0, 0.05) is 31.1 Å². The van der Waals surface area contributed by atoms with Crippen molar-refractivity contribution in [2.75, 3.05) is 18.8 Å². The fourth-order valence-corrected chi connectivity index (χ4v) is 5.51. The molecule has 1 aromatic rings. The summed E-state index contributed by atoms with van der Waals surface area (Å²) in [5.41, 5.74) is 0. The summed E-state index contributed by atoms with van der Waals surface area (Å²) in [6, 6.07) is 0. The molecule has 6 nitrogen and oxygen atoms in total. The summed E-state index contributed by atoms with van der Waals surface area (Å²) in [5, 5.41) is 7.86. The second-order valence-electron chi connectivity index (χ2n) is 3.85. The van der Waals surface area contributed by atoms with E-state index >= 15 is 0 Å². The summed E-state index contributed by atoms with van der Waals surface area (Å²) in [4.78, 5) is 0. The number of aromatic nitrogens is 3. The minimum Gasteiger partial charge on any atom is -0.235 e. The molecule has 2 rings (SSSR count). The molecular weight excluding hydrogens is 328 g/mol. The third kappa shape index (κ3) is 2.51. The Hall–Kier alpha value is -0.120. The molecule has 0 spiro atoms.